The number of carboxylic acids is 1. The van der Waals surface area contributed by atoms with Gasteiger partial charge in [0.15, 0.2) is 0 Å². The number of aliphatic carboxylic acids is 1. The predicted molar refractivity (Wildman–Crippen MR) is 46.9 cm³/mol. The molecule has 0 bridgehead atoms. The van der Waals surface area contributed by atoms with Crippen LogP contribution in [0.1, 0.15) is 25.7 Å². The van der Waals surface area contributed by atoms with E-state index in [1.807, 2.05) is 11.8 Å². The molecule has 0 amide bonds. The minimum absolute atomic E-state index is 0.0570. The van der Waals surface area contributed by atoms with E-state index < -0.39 is 5.97 Å². The van der Waals surface area contributed by atoms with Crippen molar-refractivity contribution in [2.24, 2.45) is 5.92 Å². The lowest BCUT2D eigenvalue weighted by molar-refractivity contribution is -0.142. The van der Waals surface area contributed by atoms with Crippen LogP contribution in [0.2, 0.25) is 0 Å². The molecule has 0 unspecified atom stereocenters. The van der Waals surface area contributed by atoms with Crippen LogP contribution in [0.15, 0.2) is 0 Å². The maximum Gasteiger partial charge on any atom is 0.306 e. The molecule has 3 heteroatoms. The van der Waals surface area contributed by atoms with Gasteiger partial charge in [0.05, 0.1) is 5.92 Å². The summed E-state index contributed by atoms with van der Waals surface area (Å²) >= 11 is 1.87. The van der Waals surface area contributed by atoms with Gasteiger partial charge >= 0.3 is 5.97 Å². The third-order valence-corrected chi connectivity index (χ3v) is 3.49. The van der Waals surface area contributed by atoms with Gasteiger partial charge in [-0.05, 0) is 31.9 Å². The van der Waals surface area contributed by atoms with Gasteiger partial charge in [-0.1, -0.05) is 0 Å². The van der Waals surface area contributed by atoms with E-state index in [9.17, 15) is 4.79 Å². The Morgan fingerprint density at radius 1 is 1.36 bits per heavy atom. The van der Waals surface area contributed by atoms with Gasteiger partial charge < -0.3 is 5.11 Å². The van der Waals surface area contributed by atoms with Gasteiger partial charge in [0.2, 0.25) is 0 Å². The van der Waals surface area contributed by atoms with E-state index in [-0.39, 0.29) is 5.92 Å². The molecular formula is C8H14O2S. The van der Waals surface area contributed by atoms with E-state index in [1.165, 1.54) is 0 Å². The minimum atomic E-state index is -0.607. The molecule has 1 saturated carbocycles. The first-order chi connectivity index (χ1) is 5.24. The van der Waals surface area contributed by atoms with Crippen molar-refractivity contribution in [1.82, 2.24) is 0 Å². The number of thioether (sulfide) groups is 1. The molecule has 0 aromatic rings. The van der Waals surface area contributed by atoms with Crippen LogP contribution in [-0.4, -0.2) is 22.6 Å². The Hall–Kier alpha value is -0.180. The summed E-state index contributed by atoms with van der Waals surface area (Å²) in [7, 11) is 0. The Morgan fingerprint density at radius 2 is 1.91 bits per heavy atom. The molecule has 0 aromatic carbocycles. The lowest BCUT2D eigenvalue weighted by atomic mass is 9.89. The standard InChI is InChI=1S/C8H14O2S/c1-11-7-4-2-6(3-5-7)8(9)10/h6-7H,2-5H2,1H3,(H,9,10)/t6-,7-. The van der Waals surface area contributed by atoms with Crippen LogP contribution >= 0.6 is 11.8 Å². The van der Waals surface area contributed by atoms with Gasteiger partial charge in [-0.2, -0.15) is 11.8 Å². The topological polar surface area (TPSA) is 37.3 Å². The van der Waals surface area contributed by atoms with Gasteiger partial charge in [-0.15, -0.1) is 0 Å². The fraction of sp³-hybridized carbons (Fsp3) is 0.875. The molecule has 0 aliphatic heterocycles. The molecule has 1 aliphatic rings. The van der Waals surface area contributed by atoms with Gasteiger partial charge in [0.1, 0.15) is 0 Å². The summed E-state index contributed by atoms with van der Waals surface area (Å²) in [6.45, 7) is 0. The van der Waals surface area contributed by atoms with E-state index in [0.29, 0.717) is 5.25 Å². The maximum atomic E-state index is 10.5. The Kier molecular flexibility index (Phi) is 3.24. The van der Waals surface area contributed by atoms with Gasteiger partial charge in [0.25, 0.3) is 0 Å². The number of hydrogen-bond acceptors (Lipinski definition) is 2. The van der Waals surface area contributed by atoms with Crippen molar-refractivity contribution in [3.8, 4) is 0 Å². The number of hydrogen-bond donors (Lipinski definition) is 1. The Morgan fingerprint density at radius 3 is 2.27 bits per heavy atom. The van der Waals surface area contributed by atoms with E-state index in [1.54, 1.807) is 0 Å². The second-order valence-electron chi connectivity index (χ2n) is 3.05. The Labute approximate surface area is 71.4 Å². The summed E-state index contributed by atoms with van der Waals surface area (Å²) in [6.07, 6.45) is 6.02. The average molecular weight is 174 g/mol. The molecule has 1 aliphatic carbocycles. The highest BCUT2D eigenvalue weighted by Gasteiger charge is 2.24. The third kappa shape index (κ3) is 2.40. The second-order valence-corrected chi connectivity index (χ2v) is 4.19. The second kappa shape index (κ2) is 4.00. The molecule has 0 saturated heterocycles. The first-order valence-corrected chi connectivity index (χ1v) is 5.28. The molecule has 1 N–H and O–H groups in total. The maximum absolute atomic E-state index is 10.5. The molecule has 1 rings (SSSR count). The molecule has 0 heterocycles. The number of rotatable bonds is 2. The smallest absolute Gasteiger partial charge is 0.306 e. The third-order valence-electron chi connectivity index (χ3n) is 2.36. The fourth-order valence-electron chi connectivity index (χ4n) is 1.55. The molecule has 0 atom stereocenters. The number of carbonyl (C=O) groups is 1. The van der Waals surface area contributed by atoms with Gasteiger partial charge in [-0.25, -0.2) is 0 Å². The van der Waals surface area contributed by atoms with Gasteiger partial charge in [0, 0.05) is 5.25 Å². The van der Waals surface area contributed by atoms with Crippen molar-refractivity contribution in [3.05, 3.63) is 0 Å². The summed E-state index contributed by atoms with van der Waals surface area (Å²) in [4.78, 5) is 10.5. The van der Waals surface area contributed by atoms with Crippen molar-refractivity contribution in [2.75, 3.05) is 6.26 Å². The van der Waals surface area contributed by atoms with E-state index in [4.69, 9.17) is 5.11 Å². The summed E-state index contributed by atoms with van der Waals surface area (Å²) in [5, 5.41) is 9.40. The van der Waals surface area contributed by atoms with Crippen LogP contribution in [0.25, 0.3) is 0 Å². The molecule has 64 valence electrons. The lowest BCUT2D eigenvalue weighted by Gasteiger charge is -2.24. The summed E-state index contributed by atoms with van der Waals surface area (Å²) in [6, 6.07) is 0. The first-order valence-electron chi connectivity index (χ1n) is 3.99. The van der Waals surface area contributed by atoms with Crippen LogP contribution in [0.4, 0.5) is 0 Å². The van der Waals surface area contributed by atoms with E-state index >= 15 is 0 Å². The normalized spacial score (nSPS) is 31.7. The minimum Gasteiger partial charge on any atom is -0.481 e. The Bertz CT molecular complexity index is 139. The molecule has 0 radical (unpaired) electrons. The SMILES string of the molecule is CS[C@H]1CC[C@H](C(=O)O)CC1. The van der Waals surface area contributed by atoms with Crippen molar-refractivity contribution in [3.63, 3.8) is 0 Å². The molecule has 0 spiro atoms. The summed E-state index contributed by atoms with van der Waals surface area (Å²) < 4.78 is 0. The van der Waals surface area contributed by atoms with Crippen LogP contribution in [0.3, 0.4) is 0 Å². The quantitative estimate of drug-likeness (QED) is 0.695. The molecular weight excluding hydrogens is 160 g/mol. The monoisotopic (exact) mass is 174 g/mol. The zero-order valence-corrected chi connectivity index (χ0v) is 7.56. The van der Waals surface area contributed by atoms with Crippen molar-refractivity contribution < 1.29 is 9.90 Å². The van der Waals surface area contributed by atoms with Crippen LogP contribution < -0.4 is 0 Å². The Balaban J connectivity index is 2.30. The van der Waals surface area contributed by atoms with Crippen molar-refractivity contribution >= 4 is 17.7 Å². The molecule has 1 fully saturated rings. The van der Waals surface area contributed by atoms with E-state index in [2.05, 4.69) is 6.26 Å². The molecule has 11 heavy (non-hydrogen) atoms. The fourth-order valence-corrected chi connectivity index (χ4v) is 2.29. The van der Waals surface area contributed by atoms with Crippen LogP contribution in [0.5, 0.6) is 0 Å². The average Bonchev–Trinajstić information content (AvgIpc) is 2.05. The van der Waals surface area contributed by atoms with Crippen LogP contribution in [0, 0.1) is 5.92 Å². The van der Waals surface area contributed by atoms with Crippen molar-refractivity contribution in [1.29, 1.82) is 0 Å². The zero-order chi connectivity index (χ0) is 8.27. The molecule has 0 aromatic heterocycles. The highest BCUT2D eigenvalue weighted by molar-refractivity contribution is 7.99. The highest BCUT2D eigenvalue weighted by atomic mass is 32.2. The lowest BCUT2D eigenvalue weighted by Crippen LogP contribution is -2.22. The largest absolute Gasteiger partial charge is 0.481 e. The first kappa shape index (κ1) is 8.91. The van der Waals surface area contributed by atoms with Crippen molar-refractivity contribution in [2.45, 2.75) is 30.9 Å². The zero-order valence-electron chi connectivity index (χ0n) is 6.75. The van der Waals surface area contributed by atoms with Gasteiger partial charge in [-0.3, -0.25) is 4.79 Å². The predicted octanol–water partition coefficient (Wildman–Crippen LogP) is 1.99. The summed E-state index contributed by atoms with van der Waals surface area (Å²) in [5.41, 5.74) is 0. The molecule has 2 nitrogen and oxygen atoms in total. The van der Waals surface area contributed by atoms with E-state index in [0.717, 1.165) is 25.7 Å². The van der Waals surface area contributed by atoms with Crippen LogP contribution in [-0.2, 0) is 4.79 Å². The highest BCUT2D eigenvalue weighted by Crippen LogP contribution is 2.30. The number of carboxylic acid groups (broad SMARTS) is 1. The summed E-state index contributed by atoms with van der Waals surface area (Å²) in [5.74, 6) is -0.664.